The van der Waals surface area contributed by atoms with E-state index in [0.717, 1.165) is 11.3 Å². The lowest BCUT2D eigenvalue weighted by Crippen LogP contribution is -2.27. The average Bonchev–Trinajstić information content (AvgIpc) is 3.11. The monoisotopic (exact) mass is 337 g/mol. The van der Waals surface area contributed by atoms with E-state index in [9.17, 15) is 14.9 Å². The molecule has 0 aliphatic rings. The zero-order valence-corrected chi connectivity index (χ0v) is 13.2. The van der Waals surface area contributed by atoms with Gasteiger partial charge in [0.05, 0.1) is 17.2 Å². The van der Waals surface area contributed by atoms with Gasteiger partial charge < -0.3 is 5.32 Å². The first-order valence-corrected chi connectivity index (χ1v) is 7.60. The summed E-state index contributed by atoms with van der Waals surface area (Å²) in [6.07, 6.45) is 5.26. The number of benzene rings is 1. The number of hydrogen-bond donors (Lipinski definition) is 1. The van der Waals surface area contributed by atoms with Crippen LogP contribution in [0.15, 0.2) is 61.1 Å². The van der Waals surface area contributed by atoms with Crippen LogP contribution in [-0.2, 0) is 6.54 Å². The van der Waals surface area contributed by atoms with Gasteiger partial charge in [0.2, 0.25) is 0 Å². The SMILES string of the molecule is O=C(NCCn1ccc(-c2ccncc2)n1)c1ccc([N+](=O)[O-])cc1. The molecule has 25 heavy (non-hydrogen) atoms. The molecule has 0 saturated heterocycles. The zero-order chi connectivity index (χ0) is 17.6. The quantitative estimate of drug-likeness (QED) is 0.549. The minimum Gasteiger partial charge on any atom is -0.350 e. The van der Waals surface area contributed by atoms with Crippen LogP contribution in [0.4, 0.5) is 5.69 Å². The Bertz CT molecular complexity index is 875. The van der Waals surface area contributed by atoms with Crippen LogP contribution in [0, 0.1) is 10.1 Å². The molecule has 0 aliphatic carbocycles. The highest BCUT2D eigenvalue weighted by Crippen LogP contribution is 2.15. The fourth-order valence-corrected chi connectivity index (χ4v) is 2.28. The van der Waals surface area contributed by atoms with Crippen LogP contribution in [0.3, 0.4) is 0 Å². The molecule has 2 heterocycles. The molecule has 2 aromatic heterocycles. The lowest BCUT2D eigenvalue weighted by molar-refractivity contribution is -0.384. The Morgan fingerprint density at radius 3 is 2.52 bits per heavy atom. The van der Waals surface area contributed by atoms with E-state index in [1.807, 2.05) is 24.4 Å². The molecule has 3 rings (SSSR count). The van der Waals surface area contributed by atoms with Gasteiger partial charge >= 0.3 is 0 Å². The van der Waals surface area contributed by atoms with Crippen LogP contribution in [0.5, 0.6) is 0 Å². The Morgan fingerprint density at radius 1 is 1.12 bits per heavy atom. The summed E-state index contributed by atoms with van der Waals surface area (Å²) in [7, 11) is 0. The van der Waals surface area contributed by atoms with E-state index in [4.69, 9.17) is 0 Å². The minimum absolute atomic E-state index is 0.0447. The highest BCUT2D eigenvalue weighted by molar-refractivity contribution is 5.94. The van der Waals surface area contributed by atoms with E-state index in [0.29, 0.717) is 18.7 Å². The smallest absolute Gasteiger partial charge is 0.269 e. The number of carbonyl (C=O) groups is 1. The van der Waals surface area contributed by atoms with Crippen molar-refractivity contribution in [3.05, 3.63) is 76.7 Å². The van der Waals surface area contributed by atoms with Crippen LogP contribution in [0.2, 0.25) is 0 Å². The number of nitro groups is 1. The maximum Gasteiger partial charge on any atom is 0.269 e. The van der Waals surface area contributed by atoms with E-state index in [1.165, 1.54) is 24.3 Å². The largest absolute Gasteiger partial charge is 0.350 e. The molecule has 0 radical (unpaired) electrons. The maximum absolute atomic E-state index is 12.0. The van der Waals surface area contributed by atoms with E-state index in [1.54, 1.807) is 17.1 Å². The number of non-ortho nitro benzene ring substituents is 1. The van der Waals surface area contributed by atoms with E-state index in [2.05, 4.69) is 15.4 Å². The predicted molar refractivity (Wildman–Crippen MR) is 90.9 cm³/mol. The number of rotatable bonds is 6. The number of nitro benzene ring substituents is 1. The molecule has 0 fully saturated rings. The molecule has 0 atom stereocenters. The summed E-state index contributed by atoms with van der Waals surface area (Å²) in [4.78, 5) is 26.1. The third kappa shape index (κ3) is 4.05. The van der Waals surface area contributed by atoms with E-state index >= 15 is 0 Å². The maximum atomic E-state index is 12.0. The first-order valence-electron chi connectivity index (χ1n) is 7.60. The standard InChI is InChI=1S/C17H15N5O3/c23-17(14-1-3-15(4-2-14)22(24)25)19-10-12-21-11-7-16(20-21)13-5-8-18-9-6-13/h1-9,11H,10,12H2,(H,19,23). The molecule has 0 aliphatic heterocycles. The molecule has 3 aromatic rings. The molecule has 1 amide bonds. The highest BCUT2D eigenvalue weighted by Gasteiger charge is 2.09. The number of carbonyl (C=O) groups excluding carboxylic acids is 1. The van der Waals surface area contributed by atoms with Crippen molar-refractivity contribution in [1.82, 2.24) is 20.1 Å². The molecular formula is C17H15N5O3. The number of nitrogens with zero attached hydrogens (tertiary/aromatic N) is 4. The second kappa shape index (κ2) is 7.35. The zero-order valence-electron chi connectivity index (χ0n) is 13.2. The molecule has 0 spiro atoms. The topological polar surface area (TPSA) is 103 Å². The van der Waals surface area contributed by atoms with Crippen molar-refractivity contribution in [2.45, 2.75) is 6.54 Å². The fraction of sp³-hybridized carbons (Fsp3) is 0.118. The fourth-order valence-electron chi connectivity index (χ4n) is 2.28. The van der Waals surface area contributed by atoms with Crippen LogP contribution < -0.4 is 5.32 Å². The van der Waals surface area contributed by atoms with Crippen molar-refractivity contribution < 1.29 is 9.72 Å². The Morgan fingerprint density at radius 2 is 1.84 bits per heavy atom. The number of pyridine rings is 1. The van der Waals surface area contributed by atoms with Gasteiger partial charge in [-0.3, -0.25) is 24.6 Å². The lowest BCUT2D eigenvalue weighted by atomic mass is 10.2. The van der Waals surface area contributed by atoms with Gasteiger partial charge in [0.1, 0.15) is 0 Å². The molecule has 0 saturated carbocycles. The van der Waals surface area contributed by atoms with Gasteiger partial charge in [-0.1, -0.05) is 0 Å². The average molecular weight is 337 g/mol. The predicted octanol–water partition coefficient (Wildman–Crippen LogP) is 2.28. The Kier molecular flexibility index (Phi) is 4.79. The third-order valence-electron chi connectivity index (χ3n) is 3.58. The summed E-state index contributed by atoms with van der Waals surface area (Å²) in [5, 5.41) is 17.8. The molecule has 1 aromatic carbocycles. The van der Waals surface area contributed by atoms with Crippen LogP contribution in [0.1, 0.15) is 10.4 Å². The third-order valence-corrected chi connectivity index (χ3v) is 3.58. The number of nitrogens with one attached hydrogen (secondary N) is 1. The first-order chi connectivity index (χ1) is 12.1. The van der Waals surface area contributed by atoms with Crippen molar-refractivity contribution in [1.29, 1.82) is 0 Å². The summed E-state index contributed by atoms with van der Waals surface area (Å²) in [5.41, 5.74) is 2.15. The summed E-state index contributed by atoms with van der Waals surface area (Å²) < 4.78 is 1.74. The first kappa shape index (κ1) is 16.3. The van der Waals surface area contributed by atoms with Gasteiger partial charge in [-0.05, 0) is 30.3 Å². The highest BCUT2D eigenvalue weighted by atomic mass is 16.6. The molecule has 1 N–H and O–H groups in total. The van der Waals surface area contributed by atoms with Crippen LogP contribution in [0.25, 0.3) is 11.3 Å². The van der Waals surface area contributed by atoms with Gasteiger partial charge in [-0.2, -0.15) is 5.10 Å². The van der Waals surface area contributed by atoms with Gasteiger partial charge in [0.25, 0.3) is 11.6 Å². The second-order valence-corrected chi connectivity index (χ2v) is 5.26. The minimum atomic E-state index is -0.500. The van der Waals surface area contributed by atoms with Crippen LogP contribution in [-0.4, -0.2) is 32.1 Å². The number of hydrogen-bond acceptors (Lipinski definition) is 5. The molecular weight excluding hydrogens is 322 g/mol. The lowest BCUT2D eigenvalue weighted by Gasteiger charge is -2.05. The van der Waals surface area contributed by atoms with Crippen molar-refractivity contribution >= 4 is 11.6 Å². The number of amides is 1. The summed E-state index contributed by atoms with van der Waals surface area (Å²) in [6, 6.07) is 11.1. The molecule has 8 heteroatoms. The Hall–Kier alpha value is -3.55. The van der Waals surface area contributed by atoms with Gasteiger partial charge in [-0.15, -0.1) is 0 Å². The summed E-state index contributed by atoms with van der Waals surface area (Å²) in [6.45, 7) is 0.914. The summed E-state index contributed by atoms with van der Waals surface area (Å²) in [5.74, 6) is -0.281. The van der Waals surface area contributed by atoms with Gasteiger partial charge in [0.15, 0.2) is 0 Å². The molecule has 0 bridgehead atoms. The molecule has 0 unspecified atom stereocenters. The van der Waals surface area contributed by atoms with Crippen molar-refractivity contribution in [3.8, 4) is 11.3 Å². The second-order valence-electron chi connectivity index (χ2n) is 5.26. The normalized spacial score (nSPS) is 10.4. The van der Waals surface area contributed by atoms with E-state index in [-0.39, 0.29) is 11.6 Å². The van der Waals surface area contributed by atoms with Gasteiger partial charge in [0, 0.05) is 48.4 Å². The Balaban J connectivity index is 1.53. The summed E-state index contributed by atoms with van der Waals surface area (Å²) >= 11 is 0. The molecule has 126 valence electrons. The van der Waals surface area contributed by atoms with Crippen molar-refractivity contribution in [3.63, 3.8) is 0 Å². The van der Waals surface area contributed by atoms with Crippen molar-refractivity contribution in [2.24, 2.45) is 0 Å². The number of aromatic nitrogens is 3. The van der Waals surface area contributed by atoms with Crippen molar-refractivity contribution in [2.75, 3.05) is 6.54 Å². The Labute approximate surface area is 143 Å². The molecule has 8 nitrogen and oxygen atoms in total. The van der Waals surface area contributed by atoms with E-state index < -0.39 is 4.92 Å². The van der Waals surface area contributed by atoms with Crippen LogP contribution >= 0.6 is 0 Å². The van der Waals surface area contributed by atoms with Gasteiger partial charge in [-0.25, -0.2) is 0 Å².